The smallest absolute Gasteiger partial charge is 0.322 e. The Labute approximate surface area is 158 Å². The topological polar surface area (TPSA) is 119 Å². The predicted molar refractivity (Wildman–Crippen MR) is 95.9 cm³/mol. The molecule has 0 unspecified atom stereocenters. The van der Waals surface area contributed by atoms with Crippen LogP contribution in [0.2, 0.25) is 0 Å². The van der Waals surface area contributed by atoms with Gasteiger partial charge in [-0.3, -0.25) is 24.3 Å². The molecule has 1 aliphatic rings. The Hall–Kier alpha value is -3.01. The number of aryl methyl sites for hydroxylation is 1. The molecule has 2 aromatic heterocycles. The van der Waals surface area contributed by atoms with Gasteiger partial charge in [-0.2, -0.15) is 0 Å². The standard InChI is InChI=1S/C17H18N4O5S/c1-9-7-11(10(2)21(9)17-18-5-6-27-17)13(22)8-26-14(23)4-3-12-15(24)20-16(25)19-12/h5-7,12H,3-4,8H2,1-2H3,(H2,19,20,24,25)/t12-/m1/s1. The van der Waals surface area contributed by atoms with E-state index in [1.54, 1.807) is 12.3 Å². The number of nitrogens with zero attached hydrogens (tertiary/aromatic N) is 2. The molecule has 2 aromatic rings. The molecule has 0 saturated carbocycles. The molecule has 1 saturated heterocycles. The number of thiazole rings is 1. The Morgan fingerprint density at radius 1 is 1.33 bits per heavy atom. The second-order valence-electron chi connectivity index (χ2n) is 6.07. The van der Waals surface area contributed by atoms with Crippen molar-refractivity contribution < 1.29 is 23.9 Å². The van der Waals surface area contributed by atoms with Gasteiger partial charge in [0, 0.05) is 34.9 Å². The number of aromatic nitrogens is 2. The summed E-state index contributed by atoms with van der Waals surface area (Å²) in [7, 11) is 0. The number of hydrogen-bond donors (Lipinski definition) is 2. The number of hydrogen-bond acceptors (Lipinski definition) is 7. The van der Waals surface area contributed by atoms with E-state index in [2.05, 4.69) is 15.6 Å². The highest BCUT2D eigenvalue weighted by Gasteiger charge is 2.29. The van der Waals surface area contributed by atoms with Gasteiger partial charge in [-0.25, -0.2) is 9.78 Å². The molecule has 3 rings (SSSR count). The lowest BCUT2D eigenvalue weighted by Gasteiger charge is -2.08. The predicted octanol–water partition coefficient (Wildman–Crippen LogP) is 1.26. The van der Waals surface area contributed by atoms with Crippen LogP contribution in [0, 0.1) is 13.8 Å². The quantitative estimate of drug-likeness (QED) is 0.417. The Balaban J connectivity index is 1.55. The van der Waals surface area contributed by atoms with Crippen LogP contribution in [0.15, 0.2) is 17.6 Å². The molecule has 142 valence electrons. The van der Waals surface area contributed by atoms with Gasteiger partial charge in [0.2, 0.25) is 5.78 Å². The lowest BCUT2D eigenvalue weighted by molar-refractivity contribution is -0.142. The molecule has 0 radical (unpaired) electrons. The van der Waals surface area contributed by atoms with Gasteiger partial charge in [-0.05, 0) is 26.3 Å². The van der Waals surface area contributed by atoms with Crippen LogP contribution in [0.3, 0.4) is 0 Å². The lowest BCUT2D eigenvalue weighted by Crippen LogP contribution is -2.29. The van der Waals surface area contributed by atoms with Gasteiger partial charge in [-0.1, -0.05) is 0 Å². The van der Waals surface area contributed by atoms with E-state index in [1.807, 2.05) is 23.8 Å². The van der Waals surface area contributed by atoms with Crippen LogP contribution in [0.4, 0.5) is 4.79 Å². The highest BCUT2D eigenvalue weighted by atomic mass is 32.1. The summed E-state index contributed by atoms with van der Waals surface area (Å²) in [5, 5.41) is 7.10. The fourth-order valence-electron chi connectivity index (χ4n) is 2.89. The van der Waals surface area contributed by atoms with Crippen molar-refractivity contribution in [2.75, 3.05) is 6.61 Å². The zero-order valence-electron chi connectivity index (χ0n) is 14.8. The van der Waals surface area contributed by atoms with Crippen molar-refractivity contribution in [2.45, 2.75) is 32.7 Å². The van der Waals surface area contributed by atoms with Crippen molar-refractivity contribution >= 4 is 35.0 Å². The first-order chi connectivity index (χ1) is 12.9. The van der Waals surface area contributed by atoms with E-state index in [0.717, 1.165) is 16.5 Å². The number of urea groups is 1. The number of imide groups is 1. The zero-order valence-corrected chi connectivity index (χ0v) is 15.6. The summed E-state index contributed by atoms with van der Waals surface area (Å²) >= 11 is 1.46. The van der Waals surface area contributed by atoms with Gasteiger partial charge >= 0.3 is 12.0 Å². The second kappa shape index (κ2) is 7.70. The molecule has 0 bridgehead atoms. The molecule has 3 heterocycles. The SMILES string of the molecule is Cc1cc(C(=O)COC(=O)CC[C@H]2NC(=O)NC2=O)c(C)n1-c1nccs1. The van der Waals surface area contributed by atoms with E-state index in [-0.39, 0.29) is 25.2 Å². The Morgan fingerprint density at radius 2 is 2.11 bits per heavy atom. The third kappa shape index (κ3) is 4.05. The molecule has 2 N–H and O–H groups in total. The number of carbonyl (C=O) groups excluding carboxylic acids is 4. The lowest BCUT2D eigenvalue weighted by atomic mass is 10.1. The number of Topliss-reactive ketones (excluding diaryl/α,β-unsaturated/α-hetero) is 1. The highest BCUT2D eigenvalue weighted by Crippen LogP contribution is 2.22. The van der Waals surface area contributed by atoms with Crippen LogP contribution in [0.1, 0.15) is 34.6 Å². The van der Waals surface area contributed by atoms with Crippen molar-refractivity contribution in [1.29, 1.82) is 0 Å². The fraction of sp³-hybridized carbons (Fsp3) is 0.353. The summed E-state index contributed by atoms with van der Waals surface area (Å²) in [6.07, 6.45) is 1.72. The first-order valence-corrected chi connectivity index (χ1v) is 9.13. The van der Waals surface area contributed by atoms with E-state index in [1.165, 1.54) is 11.3 Å². The number of carbonyl (C=O) groups is 4. The van der Waals surface area contributed by atoms with Crippen molar-refractivity contribution in [1.82, 2.24) is 20.2 Å². The van der Waals surface area contributed by atoms with Crippen LogP contribution in [-0.4, -0.2) is 45.9 Å². The van der Waals surface area contributed by atoms with Gasteiger partial charge in [-0.15, -0.1) is 11.3 Å². The Kier molecular flexibility index (Phi) is 5.36. The van der Waals surface area contributed by atoms with Crippen LogP contribution in [0.5, 0.6) is 0 Å². The van der Waals surface area contributed by atoms with Crippen molar-refractivity contribution in [3.8, 4) is 5.13 Å². The van der Waals surface area contributed by atoms with Crippen molar-refractivity contribution in [2.24, 2.45) is 0 Å². The van der Waals surface area contributed by atoms with E-state index >= 15 is 0 Å². The van der Waals surface area contributed by atoms with Crippen LogP contribution in [0.25, 0.3) is 5.13 Å². The molecule has 10 heteroatoms. The zero-order chi connectivity index (χ0) is 19.6. The van der Waals surface area contributed by atoms with E-state index < -0.39 is 23.9 Å². The molecular weight excluding hydrogens is 372 g/mol. The fourth-order valence-corrected chi connectivity index (χ4v) is 3.64. The molecule has 1 fully saturated rings. The molecule has 0 aliphatic carbocycles. The third-order valence-electron chi connectivity index (χ3n) is 4.20. The van der Waals surface area contributed by atoms with Gasteiger partial charge in [0.1, 0.15) is 6.04 Å². The van der Waals surface area contributed by atoms with Gasteiger partial charge in [0.25, 0.3) is 5.91 Å². The number of ketones is 1. The summed E-state index contributed by atoms with van der Waals surface area (Å²) in [6, 6.07) is 0.410. The maximum absolute atomic E-state index is 12.4. The first kappa shape index (κ1) is 18.8. The minimum atomic E-state index is -0.752. The van der Waals surface area contributed by atoms with Crippen molar-refractivity contribution in [3.63, 3.8) is 0 Å². The molecule has 27 heavy (non-hydrogen) atoms. The van der Waals surface area contributed by atoms with Crippen LogP contribution in [-0.2, 0) is 14.3 Å². The van der Waals surface area contributed by atoms with Gasteiger partial charge in [0.15, 0.2) is 11.7 Å². The second-order valence-corrected chi connectivity index (χ2v) is 6.95. The molecule has 1 atom stereocenters. The van der Waals surface area contributed by atoms with E-state index in [9.17, 15) is 19.2 Å². The number of rotatable bonds is 7. The van der Waals surface area contributed by atoms with Crippen LogP contribution < -0.4 is 10.6 Å². The summed E-state index contributed by atoms with van der Waals surface area (Å²) < 4.78 is 6.90. The molecule has 0 aromatic carbocycles. The Bertz CT molecular complexity index is 903. The number of esters is 1. The Morgan fingerprint density at radius 3 is 2.74 bits per heavy atom. The largest absolute Gasteiger partial charge is 0.457 e. The average molecular weight is 390 g/mol. The molecule has 3 amide bonds. The van der Waals surface area contributed by atoms with Gasteiger partial charge < -0.3 is 10.1 Å². The maximum Gasteiger partial charge on any atom is 0.322 e. The van der Waals surface area contributed by atoms with Crippen LogP contribution >= 0.6 is 11.3 Å². The average Bonchev–Trinajstić information content (AvgIpc) is 3.31. The molecular formula is C17H18N4O5S. The van der Waals surface area contributed by atoms with E-state index in [0.29, 0.717) is 5.56 Å². The van der Waals surface area contributed by atoms with Crippen molar-refractivity contribution in [3.05, 3.63) is 34.6 Å². The summed E-state index contributed by atoms with van der Waals surface area (Å²) in [5.74, 6) is -1.39. The van der Waals surface area contributed by atoms with E-state index in [4.69, 9.17) is 4.74 Å². The highest BCUT2D eigenvalue weighted by molar-refractivity contribution is 7.12. The normalized spacial score (nSPS) is 16.1. The van der Waals surface area contributed by atoms with Gasteiger partial charge in [0.05, 0.1) is 0 Å². The third-order valence-corrected chi connectivity index (χ3v) is 4.96. The number of nitrogens with one attached hydrogen (secondary N) is 2. The maximum atomic E-state index is 12.4. The molecule has 9 nitrogen and oxygen atoms in total. The minimum absolute atomic E-state index is 0.0796. The minimum Gasteiger partial charge on any atom is -0.457 e. The monoisotopic (exact) mass is 390 g/mol. The summed E-state index contributed by atoms with van der Waals surface area (Å²) in [4.78, 5) is 50.9. The summed E-state index contributed by atoms with van der Waals surface area (Å²) in [6.45, 7) is 3.30. The first-order valence-electron chi connectivity index (χ1n) is 8.26. The number of ether oxygens (including phenoxy) is 1. The number of amides is 3. The molecule has 0 spiro atoms. The molecule has 1 aliphatic heterocycles. The summed E-state index contributed by atoms with van der Waals surface area (Å²) in [5.41, 5.74) is 2.06.